The van der Waals surface area contributed by atoms with Crippen molar-refractivity contribution in [2.45, 2.75) is 52.7 Å². The average Bonchev–Trinajstić information content (AvgIpc) is 2.57. The predicted octanol–water partition coefficient (Wildman–Crippen LogP) is -0.0115. The molecule has 8 nitrogen and oxygen atoms in total. The molecule has 1 rings (SSSR count). The van der Waals surface area contributed by atoms with Gasteiger partial charge in [0, 0.05) is 26.2 Å². The zero-order valence-corrected chi connectivity index (χ0v) is 16.8. The monoisotopic (exact) mass is 370 g/mol. The first-order chi connectivity index (χ1) is 12.1. The van der Waals surface area contributed by atoms with E-state index in [1.54, 1.807) is 14.0 Å². The van der Waals surface area contributed by atoms with Crippen LogP contribution in [0.3, 0.4) is 0 Å². The molecule has 0 aromatic heterocycles. The van der Waals surface area contributed by atoms with E-state index in [2.05, 4.69) is 29.4 Å². The smallest absolute Gasteiger partial charge is 0.327 e. The number of nitrogens with zero attached hydrogens (tertiary/aromatic N) is 2. The Bertz CT molecular complexity index is 509. The Morgan fingerprint density at radius 3 is 2.19 bits per heavy atom. The number of piperazine rings is 1. The van der Waals surface area contributed by atoms with Gasteiger partial charge >= 0.3 is 5.97 Å². The molecular formula is C18H34N4O4. The molecule has 1 aliphatic rings. The average molecular weight is 370 g/mol. The van der Waals surface area contributed by atoms with E-state index in [9.17, 15) is 19.5 Å². The van der Waals surface area contributed by atoms with Crippen LogP contribution in [0.2, 0.25) is 0 Å². The SMILES string of the molecule is CNC(C)C(=O)NC(C(=O)N1CCN(CC(C)C)CC1C(=O)O)C(C)C. The van der Waals surface area contributed by atoms with Gasteiger partial charge < -0.3 is 20.6 Å². The molecule has 1 fully saturated rings. The van der Waals surface area contributed by atoms with Gasteiger partial charge in [-0.15, -0.1) is 0 Å². The normalized spacial score (nSPS) is 20.9. The third-order valence-electron chi connectivity index (χ3n) is 4.71. The third kappa shape index (κ3) is 5.95. The number of amides is 2. The highest BCUT2D eigenvalue weighted by molar-refractivity contribution is 5.92. The Morgan fingerprint density at radius 2 is 1.73 bits per heavy atom. The summed E-state index contributed by atoms with van der Waals surface area (Å²) in [7, 11) is 1.67. The maximum atomic E-state index is 13.0. The summed E-state index contributed by atoms with van der Waals surface area (Å²) in [5.74, 6) is -1.32. The van der Waals surface area contributed by atoms with Crippen LogP contribution in [0.15, 0.2) is 0 Å². The first-order valence-corrected chi connectivity index (χ1v) is 9.31. The molecule has 0 aromatic rings. The van der Waals surface area contributed by atoms with Crippen molar-refractivity contribution in [2.75, 3.05) is 33.2 Å². The van der Waals surface area contributed by atoms with E-state index in [-0.39, 0.29) is 17.7 Å². The van der Waals surface area contributed by atoms with E-state index in [4.69, 9.17) is 0 Å². The maximum absolute atomic E-state index is 13.0. The fraction of sp³-hybridized carbons (Fsp3) is 0.833. The highest BCUT2D eigenvalue weighted by atomic mass is 16.4. The Labute approximate surface area is 156 Å². The van der Waals surface area contributed by atoms with E-state index in [1.807, 2.05) is 13.8 Å². The summed E-state index contributed by atoms with van der Waals surface area (Å²) in [6.07, 6.45) is 0. The number of carboxylic acids is 1. The number of carbonyl (C=O) groups excluding carboxylic acids is 2. The second-order valence-electron chi connectivity index (χ2n) is 7.78. The standard InChI is InChI=1S/C18H34N4O4/c1-11(2)9-21-7-8-22(14(10-21)18(25)26)17(24)15(12(3)4)20-16(23)13(5)19-6/h11-15,19H,7-10H2,1-6H3,(H,20,23)(H,25,26). The number of hydrogen-bond donors (Lipinski definition) is 3. The Kier molecular flexibility index (Phi) is 8.49. The molecule has 8 heteroatoms. The lowest BCUT2D eigenvalue weighted by Gasteiger charge is -2.41. The predicted molar refractivity (Wildman–Crippen MR) is 99.7 cm³/mol. The van der Waals surface area contributed by atoms with Gasteiger partial charge in [-0.3, -0.25) is 14.5 Å². The largest absolute Gasteiger partial charge is 0.480 e. The van der Waals surface area contributed by atoms with E-state index in [1.165, 1.54) is 4.90 Å². The number of hydrogen-bond acceptors (Lipinski definition) is 5. The molecule has 0 spiro atoms. The molecule has 0 aliphatic carbocycles. The fourth-order valence-corrected chi connectivity index (χ4v) is 3.10. The number of likely N-dealkylation sites (N-methyl/N-ethyl adjacent to an activating group) is 1. The van der Waals surface area contributed by atoms with E-state index < -0.39 is 24.1 Å². The van der Waals surface area contributed by atoms with Crippen molar-refractivity contribution >= 4 is 17.8 Å². The lowest BCUT2D eigenvalue weighted by atomic mass is 10.00. The van der Waals surface area contributed by atoms with Gasteiger partial charge in [-0.05, 0) is 25.8 Å². The molecule has 1 heterocycles. The second-order valence-corrected chi connectivity index (χ2v) is 7.78. The van der Waals surface area contributed by atoms with Gasteiger partial charge in [0.2, 0.25) is 11.8 Å². The molecule has 26 heavy (non-hydrogen) atoms. The summed E-state index contributed by atoms with van der Waals surface area (Å²) in [5, 5.41) is 15.2. The molecule has 0 saturated carbocycles. The molecule has 3 atom stereocenters. The quantitative estimate of drug-likeness (QED) is 0.555. The minimum Gasteiger partial charge on any atom is -0.480 e. The van der Waals surface area contributed by atoms with Gasteiger partial charge in [-0.2, -0.15) is 0 Å². The number of aliphatic carboxylic acids is 1. The fourth-order valence-electron chi connectivity index (χ4n) is 3.10. The van der Waals surface area contributed by atoms with Crippen LogP contribution in [-0.2, 0) is 14.4 Å². The van der Waals surface area contributed by atoms with Crippen LogP contribution in [0.5, 0.6) is 0 Å². The number of rotatable bonds is 8. The van der Waals surface area contributed by atoms with Gasteiger partial charge in [0.05, 0.1) is 6.04 Å². The number of nitrogens with one attached hydrogen (secondary N) is 2. The first kappa shape index (κ1) is 22.4. The van der Waals surface area contributed by atoms with Crippen LogP contribution in [0.1, 0.15) is 34.6 Å². The van der Waals surface area contributed by atoms with Crippen molar-refractivity contribution in [1.82, 2.24) is 20.4 Å². The molecule has 0 radical (unpaired) electrons. The minimum atomic E-state index is -1.01. The Morgan fingerprint density at radius 1 is 1.12 bits per heavy atom. The molecule has 1 saturated heterocycles. The van der Waals surface area contributed by atoms with Crippen molar-refractivity contribution in [2.24, 2.45) is 11.8 Å². The first-order valence-electron chi connectivity index (χ1n) is 9.31. The van der Waals surface area contributed by atoms with E-state index in [0.29, 0.717) is 25.6 Å². The Hall–Kier alpha value is -1.67. The summed E-state index contributed by atoms with van der Waals surface area (Å²) >= 11 is 0. The molecule has 0 aromatic carbocycles. The van der Waals surface area contributed by atoms with Crippen LogP contribution < -0.4 is 10.6 Å². The molecule has 0 bridgehead atoms. The van der Waals surface area contributed by atoms with E-state index >= 15 is 0 Å². The van der Waals surface area contributed by atoms with Gasteiger partial charge in [0.25, 0.3) is 0 Å². The number of carbonyl (C=O) groups is 3. The second kappa shape index (κ2) is 9.87. The summed E-state index contributed by atoms with van der Waals surface area (Å²) in [6.45, 7) is 11.7. The van der Waals surface area contributed by atoms with Gasteiger partial charge in [0.15, 0.2) is 0 Å². The lowest BCUT2D eigenvalue weighted by Crippen LogP contribution is -2.63. The van der Waals surface area contributed by atoms with Crippen LogP contribution in [-0.4, -0.2) is 84.0 Å². The Balaban J connectivity index is 2.92. The molecule has 1 aliphatic heterocycles. The molecule has 2 amide bonds. The zero-order chi connectivity index (χ0) is 20.0. The molecule has 3 unspecified atom stereocenters. The molecular weight excluding hydrogens is 336 g/mol. The summed E-state index contributed by atoms with van der Waals surface area (Å²) < 4.78 is 0. The highest BCUT2D eigenvalue weighted by Gasteiger charge is 2.39. The van der Waals surface area contributed by atoms with Crippen molar-refractivity contribution in [3.05, 3.63) is 0 Å². The maximum Gasteiger partial charge on any atom is 0.327 e. The highest BCUT2D eigenvalue weighted by Crippen LogP contribution is 2.16. The molecule has 150 valence electrons. The van der Waals surface area contributed by atoms with Crippen molar-refractivity contribution in [3.8, 4) is 0 Å². The van der Waals surface area contributed by atoms with Crippen molar-refractivity contribution in [1.29, 1.82) is 0 Å². The third-order valence-corrected chi connectivity index (χ3v) is 4.71. The van der Waals surface area contributed by atoms with E-state index in [0.717, 1.165) is 6.54 Å². The zero-order valence-electron chi connectivity index (χ0n) is 16.8. The van der Waals surface area contributed by atoms with Gasteiger partial charge in [-0.1, -0.05) is 27.7 Å². The lowest BCUT2D eigenvalue weighted by molar-refractivity contribution is -0.155. The molecule has 3 N–H and O–H groups in total. The van der Waals surface area contributed by atoms with Crippen molar-refractivity contribution < 1.29 is 19.5 Å². The topological polar surface area (TPSA) is 102 Å². The van der Waals surface area contributed by atoms with Gasteiger partial charge in [-0.25, -0.2) is 4.79 Å². The summed E-state index contributed by atoms with van der Waals surface area (Å²) in [4.78, 5) is 40.5. The minimum absolute atomic E-state index is 0.140. The summed E-state index contributed by atoms with van der Waals surface area (Å²) in [6, 6.07) is -2.06. The van der Waals surface area contributed by atoms with Crippen LogP contribution in [0.4, 0.5) is 0 Å². The van der Waals surface area contributed by atoms with Gasteiger partial charge in [0.1, 0.15) is 12.1 Å². The van der Waals surface area contributed by atoms with Crippen LogP contribution in [0.25, 0.3) is 0 Å². The number of carboxylic acid groups (broad SMARTS) is 1. The van der Waals surface area contributed by atoms with Crippen LogP contribution in [0, 0.1) is 11.8 Å². The summed E-state index contributed by atoms with van der Waals surface area (Å²) in [5.41, 5.74) is 0. The van der Waals surface area contributed by atoms with Crippen molar-refractivity contribution in [3.63, 3.8) is 0 Å². The van der Waals surface area contributed by atoms with Crippen LogP contribution >= 0.6 is 0 Å².